The van der Waals surface area contributed by atoms with Crippen LogP contribution in [0.5, 0.6) is 11.5 Å². The zero-order chi connectivity index (χ0) is 22.3. The van der Waals surface area contributed by atoms with Gasteiger partial charge in [0.05, 0.1) is 18.1 Å². The van der Waals surface area contributed by atoms with Crippen molar-refractivity contribution in [1.82, 2.24) is 10.2 Å². The van der Waals surface area contributed by atoms with E-state index in [9.17, 15) is 14.9 Å². The summed E-state index contributed by atoms with van der Waals surface area (Å²) < 4.78 is 15.4. The topological polar surface area (TPSA) is 103 Å². The largest absolute Gasteiger partial charge is 0.493 e. The van der Waals surface area contributed by atoms with Crippen LogP contribution < -0.4 is 14.8 Å². The number of nitrogens with zero attached hydrogens (tertiary/aromatic N) is 2. The Morgan fingerprint density at radius 3 is 2.47 bits per heavy atom. The van der Waals surface area contributed by atoms with Crippen LogP contribution in [0.4, 0.5) is 5.69 Å². The molecule has 1 saturated heterocycles. The van der Waals surface area contributed by atoms with E-state index < -0.39 is 10.8 Å². The van der Waals surface area contributed by atoms with Crippen LogP contribution in [0, 0.1) is 22.0 Å². The van der Waals surface area contributed by atoms with Crippen molar-refractivity contribution in [3.8, 4) is 11.5 Å². The van der Waals surface area contributed by atoms with Gasteiger partial charge in [0.1, 0.15) is 5.56 Å². The van der Waals surface area contributed by atoms with E-state index in [0.29, 0.717) is 12.5 Å². The monoisotopic (exact) mass is 423 g/mol. The molecule has 1 N–H and O–H groups in total. The number of ether oxygens (including phenoxy) is 3. The van der Waals surface area contributed by atoms with Crippen LogP contribution in [0.25, 0.3) is 0 Å². The first-order valence-corrected chi connectivity index (χ1v) is 10.3. The predicted octanol–water partition coefficient (Wildman–Crippen LogP) is 3.07. The third-order valence-electron chi connectivity index (χ3n) is 5.58. The molecule has 1 aliphatic heterocycles. The minimum Gasteiger partial charge on any atom is -0.493 e. The van der Waals surface area contributed by atoms with Gasteiger partial charge < -0.3 is 19.5 Å². The number of nitro benzene ring substituents is 1. The quantitative estimate of drug-likeness (QED) is 0.350. The van der Waals surface area contributed by atoms with Crippen LogP contribution in [0.15, 0.2) is 12.1 Å². The van der Waals surface area contributed by atoms with Crippen molar-refractivity contribution in [2.45, 2.75) is 39.7 Å². The first kappa shape index (κ1) is 23.9. The fraction of sp³-hybridized carbons (Fsp3) is 0.667. The van der Waals surface area contributed by atoms with Crippen LogP contribution in [0.1, 0.15) is 44.0 Å². The van der Waals surface area contributed by atoms with Crippen LogP contribution in [0.2, 0.25) is 0 Å². The van der Waals surface area contributed by atoms with Crippen molar-refractivity contribution in [2.75, 3.05) is 40.6 Å². The number of piperidine rings is 1. The number of methoxy groups -OCH3 is 2. The van der Waals surface area contributed by atoms with Crippen LogP contribution >= 0.6 is 0 Å². The Balaban J connectivity index is 2.18. The van der Waals surface area contributed by atoms with Gasteiger partial charge in [0.25, 0.3) is 11.6 Å². The van der Waals surface area contributed by atoms with Gasteiger partial charge in [-0.25, -0.2) is 0 Å². The van der Waals surface area contributed by atoms with Gasteiger partial charge in [0.15, 0.2) is 18.3 Å². The Bertz CT molecular complexity index is 732. The maximum atomic E-state index is 12.9. The van der Waals surface area contributed by atoms with Crippen molar-refractivity contribution in [2.24, 2.45) is 11.8 Å². The molecular weight excluding hydrogens is 390 g/mol. The molecule has 0 saturated carbocycles. The number of hydrogen-bond donors (Lipinski definition) is 1. The number of nitro groups is 1. The van der Waals surface area contributed by atoms with Crippen LogP contribution in [0.3, 0.4) is 0 Å². The fourth-order valence-electron chi connectivity index (χ4n) is 3.72. The molecule has 1 atom stereocenters. The highest BCUT2D eigenvalue weighted by molar-refractivity contribution is 5.99. The molecule has 9 nitrogen and oxygen atoms in total. The highest BCUT2D eigenvalue weighted by Gasteiger charge is 2.28. The van der Waals surface area contributed by atoms with Gasteiger partial charge in [-0.3, -0.25) is 19.8 Å². The third-order valence-corrected chi connectivity index (χ3v) is 5.58. The number of carbonyl (C=O) groups excluding carboxylic acids is 1. The number of likely N-dealkylation sites (tertiary alicyclic amines) is 1. The van der Waals surface area contributed by atoms with E-state index in [1.54, 1.807) is 0 Å². The third kappa shape index (κ3) is 6.06. The molecule has 0 bridgehead atoms. The number of rotatable bonds is 10. The molecule has 1 aromatic carbocycles. The first-order chi connectivity index (χ1) is 14.3. The number of hydrogen-bond acceptors (Lipinski definition) is 7. The van der Waals surface area contributed by atoms with E-state index >= 15 is 0 Å². The summed E-state index contributed by atoms with van der Waals surface area (Å²) in [5.41, 5.74) is -0.399. The molecule has 1 aliphatic rings. The molecule has 1 amide bonds. The minimum absolute atomic E-state index is 0.0589. The minimum atomic E-state index is -0.597. The Morgan fingerprint density at radius 1 is 1.27 bits per heavy atom. The summed E-state index contributed by atoms with van der Waals surface area (Å²) in [6.07, 6.45) is 2.28. The van der Waals surface area contributed by atoms with Crippen molar-refractivity contribution < 1.29 is 23.9 Å². The summed E-state index contributed by atoms with van der Waals surface area (Å²) in [4.78, 5) is 26.2. The van der Waals surface area contributed by atoms with Gasteiger partial charge in [0, 0.05) is 25.8 Å². The van der Waals surface area contributed by atoms with Crippen molar-refractivity contribution in [1.29, 1.82) is 0 Å². The molecule has 2 rings (SSSR count). The maximum absolute atomic E-state index is 12.9. The zero-order valence-electron chi connectivity index (χ0n) is 18.5. The molecule has 1 fully saturated rings. The molecule has 1 heterocycles. The van der Waals surface area contributed by atoms with E-state index in [2.05, 4.69) is 31.0 Å². The zero-order valence-corrected chi connectivity index (χ0v) is 18.5. The highest BCUT2D eigenvalue weighted by atomic mass is 16.7. The van der Waals surface area contributed by atoms with E-state index in [1.165, 1.54) is 26.4 Å². The number of benzene rings is 1. The highest BCUT2D eigenvalue weighted by Crippen LogP contribution is 2.35. The average Bonchev–Trinajstić information content (AvgIpc) is 2.72. The summed E-state index contributed by atoms with van der Waals surface area (Å²) in [6.45, 7) is 8.84. The summed E-state index contributed by atoms with van der Waals surface area (Å²) in [5.74, 6) is 0.929. The molecule has 0 spiro atoms. The van der Waals surface area contributed by atoms with E-state index in [4.69, 9.17) is 14.2 Å². The summed E-state index contributed by atoms with van der Waals surface area (Å²) in [6, 6.07) is 2.70. The Labute approximate surface area is 177 Å². The summed E-state index contributed by atoms with van der Waals surface area (Å²) >= 11 is 0. The Kier molecular flexibility index (Phi) is 8.86. The smallest absolute Gasteiger partial charge is 0.286 e. The molecule has 0 aliphatic carbocycles. The Morgan fingerprint density at radius 2 is 1.93 bits per heavy atom. The van der Waals surface area contributed by atoms with Crippen molar-refractivity contribution in [3.05, 3.63) is 27.8 Å². The standard InChI is InChI=1S/C21H33N3O6/c1-14(2)18(23-8-6-15(3)7-9-23)12-22-21(25)16-10-19(29-5)20(30-13-28-4)11-17(16)24(26)27/h10-11,14-15,18H,6-9,12-13H2,1-5H3,(H,22,25)/t18-/m0/s1. The lowest BCUT2D eigenvalue weighted by atomic mass is 9.94. The van der Waals surface area contributed by atoms with E-state index in [1.807, 2.05) is 0 Å². The van der Waals surface area contributed by atoms with Gasteiger partial charge in [-0.15, -0.1) is 0 Å². The van der Waals surface area contributed by atoms with Crippen molar-refractivity contribution >= 4 is 11.6 Å². The lowest BCUT2D eigenvalue weighted by molar-refractivity contribution is -0.385. The average molecular weight is 424 g/mol. The number of nitrogens with one attached hydrogen (secondary N) is 1. The first-order valence-electron chi connectivity index (χ1n) is 10.3. The second-order valence-electron chi connectivity index (χ2n) is 8.07. The van der Waals surface area contributed by atoms with Gasteiger partial charge >= 0.3 is 0 Å². The van der Waals surface area contributed by atoms with Gasteiger partial charge in [-0.05, 0) is 37.8 Å². The van der Waals surface area contributed by atoms with E-state index in [0.717, 1.165) is 31.8 Å². The number of carbonyl (C=O) groups is 1. The fourth-order valence-corrected chi connectivity index (χ4v) is 3.72. The molecule has 0 aromatic heterocycles. The SMILES string of the molecule is COCOc1cc([N+](=O)[O-])c(C(=O)NC[C@@H](C(C)C)N2CCC(C)CC2)cc1OC. The lowest BCUT2D eigenvalue weighted by Crippen LogP contribution is -2.49. The van der Waals surface area contributed by atoms with Crippen LogP contribution in [-0.2, 0) is 4.74 Å². The molecule has 0 radical (unpaired) electrons. The number of amides is 1. The maximum Gasteiger partial charge on any atom is 0.286 e. The molecule has 30 heavy (non-hydrogen) atoms. The second-order valence-corrected chi connectivity index (χ2v) is 8.07. The van der Waals surface area contributed by atoms with Gasteiger partial charge in [0.2, 0.25) is 0 Å². The van der Waals surface area contributed by atoms with Crippen LogP contribution in [-0.4, -0.2) is 62.4 Å². The van der Waals surface area contributed by atoms with E-state index in [-0.39, 0.29) is 35.6 Å². The normalized spacial score (nSPS) is 16.3. The summed E-state index contributed by atoms with van der Waals surface area (Å²) in [7, 11) is 2.85. The molecule has 168 valence electrons. The van der Waals surface area contributed by atoms with Crippen molar-refractivity contribution in [3.63, 3.8) is 0 Å². The molecule has 0 unspecified atom stereocenters. The molecule has 1 aromatic rings. The predicted molar refractivity (Wildman–Crippen MR) is 113 cm³/mol. The molecular formula is C21H33N3O6. The summed E-state index contributed by atoms with van der Waals surface area (Å²) in [5, 5.41) is 14.5. The molecule has 9 heteroatoms. The second kappa shape index (κ2) is 11.1. The van der Waals surface area contributed by atoms with Gasteiger partial charge in [-0.2, -0.15) is 0 Å². The lowest BCUT2D eigenvalue weighted by Gasteiger charge is -2.38. The Hall–Kier alpha value is -2.39. The van der Waals surface area contributed by atoms with Gasteiger partial charge in [-0.1, -0.05) is 20.8 Å².